The molecule has 5 heteroatoms. The van der Waals surface area contributed by atoms with E-state index < -0.39 is 12.9 Å². The van der Waals surface area contributed by atoms with Gasteiger partial charge in [0.25, 0.3) is 0 Å². The fourth-order valence-corrected chi connectivity index (χ4v) is 3.78. The molecule has 0 aliphatic heterocycles. The van der Waals surface area contributed by atoms with E-state index >= 15 is 0 Å². The van der Waals surface area contributed by atoms with Crippen molar-refractivity contribution < 1.29 is 14.8 Å². The highest BCUT2D eigenvalue weighted by atomic mass is 16.5. The van der Waals surface area contributed by atoms with Crippen molar-refractivity contribution in [1.29, 1.82) is 0 Å². The van der Waals surface area contributed by atoms with Crippen molar-refractivity contribution in [2.24, 2.45) is 0 Å². The summed E-state index contributed by atoms with van der Waals surface area (Å²) in [6.07, 6.45) is 0. The molecule has 0 saturated heterocycles. The lowest BCUT2D eigenvalue weighted by Gasteiger charge is -2.19. The Morgan fingerprint density at radius 3 is 2.13 bits per heavy atom. The fraction of sp³-hybridized carbons (Fsp3) is 0.0769. The molecule has 0 heterocycles. The third kappa shape index (κ3) is 5.15. The lowest BCUT2D eigenvalue weighted by atomic mass is 9.56. The molecule has 0 fully saturated rings. The monoisotopic (exact) mass is 406 g/mol. The van der Waals surface area contributed by atoms with Crippen LogP contribution in [0.2, 0.25) is 0 Å². The molecule has 0 bridgehead atoms. The highest BCUT2D eigenvalue weighted by Gasteiger charge is 2.19. The Hall–Kier alpha value is -3.11. The topological polar surface area (TPSA) is 49.7 Å². The van der Waals surface area contributed by atoms with Crippen molar-refractivity contribution in [2.45, 2.75) is 12.6 Å². The van der Waals surface area contributed by atoms with E-state index in [-0.39, 0.29) is 7.48 Å². The Labute approximate surface area is 184 Å². The summed E-state index contributed by atoms with van der Waals surface area (Å²) in [4.78, 5) is 0. The molecule has 0 radical (unpaired) electrons. The van der Waals surface area contributed by atoms with E-state index in [0.717, 1.165) is 33.2 Å². The molecule has 0 amide bonds. The van der Waals surface area contributed by atoms with Crippen molar-refractivity contribution in [1.82, 2.24) is 0 Å². The second-order valence-corrected chi connectivity index (χ2v) is 7.49. The normalized spacial score (nSPS) is 11.7. The molecule has 0 aliphatic rings. The summed E-state index contributed by atoms with van der Waals surface area (Å²) in [5, 5.41) is 20.8. The van der Waals surface area contributed by atoms with Gasteiger partial charge in [-0.2, -0.15) is 0 Å². The van der Waals surface area contributed by atoms with Crippen LogP contribution in [-0.2, 0) is 11.3 Å². The first-order valence-electron chi connectivity index (χ1n) is 10.4. The summed E-state index contributed by atoms with van der Waals surface area (Å²) in [6, 6.07) is 35.0. The molecule has 0 saturated carbocycles. The van der Waals surface area contributed by atoms with Crippen LogP contribution in [0.1, 0.15) is 17.1 Å². The van der Waals surface area contributed by atoms with Gasteiger partial charge in [-0.05, 0) is 33.2 Å². The van der Waals surface area contributed by atoms with Gasteiger partial charge in [0, 0.05) is 0 Å². The van der Waals surface area contributed by atoms with E-state index in [4.69, 9.17) is 4.74 Å². The maximum absolute atomic E-state index is 10.7. The minimum atomic E-state index is -0.686. The quantitative estimate of drug-likeness (QED) is 0.443. The molecule has 152 valence electrons. The third-order valence-electron chi connectivity index (χ3n) is 5.39. The van der Waals surface area contributed by atoms with Crippen LogP contribution < -0.4 is 10.9 Å². The summed E-state index contributed by atoms with van der Waals surface area (Å²) in [5.74, 6) is 0. The molecule has 3 nitrogen and oxygen atoms in total. The molecule has 0 spiro atoms. The first-order valence-corrected chi connectivity index (χ1v) is 10.4. The van der Waals surface area contributed by atoms with Gasteiger partial charge in [-0.25, -0.2) is 0 Å². The van der Waals surface area contributed by atoms with E-state index in [1.54, 1.807) is 0 Å². The van der Waals surface area contributed by atoms with Gasteiger partial charge in [-0.15, -0.1) is 0 Å². The zero-order valence-corrected chi connectivity index (χ0v) is 17.3. The Morgan fingerprint density at radius 2 is 1.39 bits per heavy atom. The maximum Gasteiger partial charge on any atom is 0.358 e. The molecule has 2 N–H and O–H groups in total. The molecule has 4 aromatic rings. The second-order valence-electron chi connectivity index (χ2n) is 7.49. The lowest BCUT2D eigenvalue weighted by molar-refractivity contribution is 0.0849. The highest BCUT2D eigenvalue weighted by Crippen LogP contribution is 2.29. The number of benzene rings is 4. The zero-order valence-electron chi connectivity index (χ0n) is 17.3. The summed E-state index contributed by atoms with van der Waals surface area (Å²) < 4.78 is 6.13. The smallest absolute Gasteiger partial charge is 0.358 e. The Morgan fingerprint density at radius 1 is 0.742 bits per heavy atom. The van der Waals surface area contributed by atoms with Crippen LogP contribution in [-0.4, -0.2) is 24.4 Å². The van der Waals surface area contributed by atoms with Crippen LogP contribution in [0.15, 0.2) is 109 Å². The van der Waals surface area contributed by atoms with Crippen LogP contribution in [0, 0.1) is 0 Å². The molecule has 1 atom stereocenters. The lowest BCUT2D eigenvalue weighted by Crippen LogP contribution is -2.42. The standard InChI is InChI=1S/C26H24B2O3/c29-27-26(25-17-8-7-16-24(25)21-11-3-1-4-12-21)31-19-20-10-9-15-23(18-20)28(30)22-13-5-2-6-14-22/h1-18,26-27,29-30H,19H2. The molecule has 0 aromatic heterocycles. The molecular weight excluding hydrogens is 382 g/mol. The van der Waals surface area contributed by atoms with Gasteiger partial charge >= 0.3 is 14.4 Å². The molecule has 0 aliphatic carbocycles. The van der Waals surface area contributed by atoms with Gasteiger partial charge in [-0.3, -0.25) is 0 Å². The summed E-state index contributed by atoms with van der Waals surface area (Å²) in [5.41, 5.74) is 5.71. The van der Waals surface area contributed by atoms with E-state index in [2.05, 4.69) is 12.1 Å². The Balaban J connectivity index is 1.52. The molecule has 4 aromatic carbocycles. The van der Waals surface area contributed by atoms with Crippen molar-refractivity contribution in [3.8, 4) is 11.1 Å². The van der Waals surface area contributed by atoms with Crippen molar-refractivity contribution in [3.63, 3.8) is 0 Å². The molecule has 4 rings (SSSR count). The molecule has 31 heavy (non-hydrogen) atoms. The van der Waals surface area contributed by atoms with Crippen LogP contribution in [0.5, 0.6) is 0 Å². The summed E-state index contributed by atoms with van der Waals surface area (Å²) in [6.45, 7) is -0.349. The van der Waals surface area contributed by atoms with E-state index in [0.29, 0.717) is 6.61 Å². The van der Waals surface area contributed by atoms with E-state index in [1.165, 1.54) is 0 Å². The first-order chi connectivity index (χ1) is 15.3. The fourth-order valence-electron chi connectivity index (χ4n) is 3.78. The predicted molar refractivity (Wildman–Crippen MR) is 129 cm³/mol. The van der Waals surface area contributed by atoms with Crippen molar-refractivity contribution in [2.75, 3.05) is 0 Å². The number of ether oxygens (including phenoxy) is 1. The van der Waals surface area contributed by atoms with Gasteiger partial charge in [0.1, 0.15) is 0 Å². The first kappa shape index (κ1) is 21.1. The number of rotatable bonds is 8. The van der Waals surface area contributed by atoms with Gasteiger partial charge in [0.15, 0.2) is 0 Å². The van der Waals surface area contributed by atoms with Crippen LogP contribution in [0.25, 0.3) is 11.1 Å². The maximum atomic E-state index is 10.7. The SMILES string of the molecule is OBC(OCc1cccc(B(O)c2ccccc2)c1)c1ccccc1-c1ccccc1. The Bertz CT molecular complexity index is 1100. The average molecular weight is 406 g/mol. The molecule has 1 unspecified atom stereocenters. The summed E-state index contributed by atoms with van der Waals surface area (Å²) >= 11 is 0. The van der Waals surface area contributed by atoms with E-state index in [9.17, 15) is 10.0 Å². The number of hydrogen-bond donors (Lipinski definition) is 2. The van der Waals surface area contributed by atoms with Gasteiger partial charge in [-0.1, -0.05) is 109 Å². The minimum absolute atomic E-state index is 0.115. The highest BCUT2D eigenvalue weighted by molar-refractivity contribution is 6.78. The van der Waals surface area contributed by atoms with Crippen LogP contribution in [0.4, 0.5) is 0 Å². The Kier molecular flexibility index (Phi) is 7.00. The number of hydrogen-bond acceptors (Lipinski definition) is 3. The minimum Gasteiger partial charge on any atom is -0.451 e. The van der Waals surface area contributed by atoms with Gasteiger partial charge < -0.3 is 14.8 Å². The summed E-state index contributed by atoms with van der Waals surface area (Å²) in [7, 11) is -0.115. The van der Waals surface area contributed by atoms with Crippen molar-refractivity contribution in [3.05, 3.63) is 120 Å². The van der Waals surface area contributed by atoms with E-state index in [1.807, 2.05) is 97.1 Å². The third-order valence-corrected chi connectivity index (χ3v) is 5.39. The van der Waals surface area contributed by atoms with Crippen LogP contribution in [0.3, 0.4) is 0 Å². The van der Waals surface area contributed by atoms with Gasteiger partial charge in [0.2, 0.25) is 0 Å². The van der Waals surface area contributed by atoms with Gasteiger partial charge in [0.05, 0.1) is 12.6 Å². The average Bonchev–Trinajstić information content (AvgIpc) is 2.85. The largest absolute Gasteiger partial charge is 0.451 e. The predicted octanol–water partition coefficient (Wildman–Crippen LogP) is 3.01. The molecular formula is C26H24B2O3. The second kappa shape index (κ2) is 10.3. The van der Waals surface area contributed by atoms with Crippen LogP contribution >= 0.6 is 0 Å². The van der Waals surface area contributed by atoms with Crippen molar-refractivity contribution >= 4 is 25.3 Å². The zero-order chi connectivity index (χ0) is 21.5.